The van der Waals surface area contributed by atoms with Crippen LogP contribution in [0.5, 0.6) is 5.75 Å². The summed E-state index contributed by atoms with van der Waals surface area (Å²) in [5.74, 6) is 0.551. The van der Waals surface area contributed by atoms with Crippen molar-refractivity contribution in [3.8, 4) is 5.75 Å². The molecule has 0 saturated heterocycles. The summed E-state index contributed by atoms with van der Waals surface area (Å²) in [4.78, 5) is 0. The lowest BCUT2D eigenvalue weighted by Crippen LogP contribution is -2.24. The number of hydrogen-bond acceptors (Lipinski definition) is 3. The van der Waals surface area contributed by atoms with Gasteiger partial charge < -0.3 is 10.1 Å². The number of hydrogen-bond donors (Lipinski definition) is 1. The molecule has 0 aliphatic carbocycles. The van der Waals surface area contributed by atoms with E-state index in [0.717, 1.165) is 23.4 Å². The first-order chi connectivity index (χ1) is 10.1. The van der Waals surface area contributed by atoms with Crippen LogP contribution in [0.1, 0.15) is 37.2 Å². The van der Waals surface area contributed by atoms with Crippen LogP contribution in [0.15, 0.2) is 30.5 Å². The summed E-state index contributed by atoms with van der Waals surface area (Å²) in [6, 6.07) is 6.88. The van der Waals surface area contributed by atoms with Gasteiger partial charge in [0.05, 0.1) is 25.0 Å². The predicted molar refractivity (Wildman–Crippen MR) is 81.1 cm³/mol. The fraction of sp³-hybridized carbons (Fsp3) is 0.438. The van der Waals surface area contributed by atoms with E-state index in [4.69, 9.17) is 4.74 Å². The van der Waals surface area contributed by atoms with E-state index >= 15 is 0 Å². The van der Waals surface area contributed by atoms with E-state index < -0.39 is 0 Å². The number of nitrogens with zero attached hydrogens (tertiary/aromatic N) is 2. The van der Waals surface area contributed by atoms with Gasteiger partial charge in [0.25, 0.3) is 0 Å². The molecule has 21 heavy (non-hydrogen) atoms. The third-order valence-electron chi connectivity index (χ3n) is 3.54. The SMILES string of the molecule is CNC(Cc1ccc(F)cc1)c1c(OC)cnn1C(C)C. The number of rotatable bonds is 6. The summed E-state index contributed by atoms with van der Waals surface area (Å²) in [7, 11) is 3.56. The molecule has 0 aliphatic heterocycles. The van der Waals surface area contributed by atoms with Crippen molar-refractivity contribution in [1.82, 2.24) is 15.1 Å². The first kappa shape index (κ1) is 15.5. The molecule has 1 heterocycles. The number of ether oxygens (including phenoxy) is 1. The second-order valence-corrected chi connectivity index (χ2v) is 5.31. The third-order valence-corrected chi connectivity index (χ3v) is 3.54. The minimum atomic E-state index is -0.218. The maximum atomic E-state index is 13.0. The van der Waals surface area contributed by atoms with Crippen molar-refractivity contribution in [2.45, 2.75) is 32.4 Å². The summed E-state index contributed by atoms with van der Waals surface area (Å²) in [5.41, 5.74) is 2.08. The average Bonchev–Trinajstić information content (AvgIpc) is 2.90. The van der Waals surface area contributed by atoms with Gasteiger partial charge in [-0.15, -0.1) is 0 Å². The van der Waals surface area contributed by atoms with Gasteiger partial charge in [0.15, 0.2) is 5.75 Å². The Hall–Kier alpha value is -1.88. The Morgan fingerprint density at radius 2 is 1.95 bits per heavy atom. The standard InChI is InChI=1S/C16H22FN3O/c1-11(2)20-16(15(21-4)10-19-20)14(18-3)9-12-5-7-13(17)8-6-12/h5-8,10-11,14,18H,9H2,1-4H3. The minimum absolute atomic E-state index is 0.0512. The number of halogens is 1. The monoisotopic (exact) mass is 291 g/mol. The Bertz CT molecular complexity index is 578. The van der Waals surface area contributed by atoms with Gasteiger partial charge in [0, 0.05) is 6.04 Å². The first-order valence-corrected chi connectivity index (χ1v) is 7.10. The Morgan fingerprint density at radius 3 is 2.48 bits per heavy atom. The van der Waals surface area contributed by atoms with Gasteiger partial charge in [-0.25, -0.2) is 4.39 Å². The van der Waals surface area contributed by atoms with Gasteiger partial charge in [-0.3, -0.25) is 4.68 Å². The van der Waals surface area contributed by atoms with Crippen LogP contribution in [0.25, 0.3) is 0 Å². The highest BCUT2D eigenvalue weighted by molar-refractivity contribution is 5.31. The van der Waals surface area contributed by atoms with Gasteiger partial charge in [-0.05, 0) is 45.0 Å². The smallest absolute Gasteiger partial charge is 0.161 e. The molecule has 0 fully saturated rings. The van der Waals surface area contributed by atoms with Crippen molar-refractivity contribution in [2.24, 2.45) is 0 Å². The van der Waals surface area contributed by atoms with Crippen LogP contribution in [-0.2, 0) is 6.42 Å². The first-order valence-electron chi connectivity index (χ1n) is 7.10. The fourth-order valence-electron chi connectivity index (χ4n) is 2.45. The largest absolute Gasteiger partial charge is 0.493 e. The van der Waals surface area contributed by atoms with Crippen molar-refractivity contribution in [1.29, 1.82) is 0 Å². The molecule has 114 valence electrons. The molecule has 1 aromatic heterocycles. The normalized spacial score (nSPS) is 12.7. The van der Waals surface area contributed by atoms with E-state index in [1.54, 1.807) is 13.3 Å². The second-order valence-electron chi connectivity index (χ2n) is 5.31. The van der Waals surface area contributed by atoms with E-state index in [1.165, 1.54) is 12.1 Å². The van der Waals surface area contributed by atoms with Crippen LogP contribution < -0.4 is 10.1 Å². The van der Waals surface area contributed by atoms with E-state index in [0.29, 0.717) is 0 Å². The van der Waals surface area contributed by atoms with Gasteiger partial charge in [-0.1, -0.05) is 12.1 Å². The summed E-state index contributed by atoms with van der Waals surface area (Å²) in [6.45, 7) is 4.17. The molecule has 2 rings (SSSR count). The molecule has 2 aromatic rings. The van der Waals surface area contributed by atoms with Gasteiger partial charge >= 0.3 is 0 Å². The second kappa shape index (κ2) is 6.72. The minimum Gasteiger partial charge on any atom is -0.493 e. The number of methoxy groups -OCH3 is 1. The lowest BCUT2D eigenvalue weighted by Gasteiger charge is -2.21. The maximum Gasteiger partial charge on any atom is 0.161 e. The van der Waals surface area contributed by atoms with E-state index in [2.05, 4.69) is 24.3 Å². The van der Waals surface area contributed by atoms with Crippen molar-refractivity contribution in [2.75, 3.05) is 14.2 Å². The molecule has 0 bridgehead atoms. The number of aromatic nitrogens is 2. The molecule has 1 N–H and O–H groups in total. The average molecular weight is 291 g/mol. The molecule has 4 nitrogen and oxygen atoms in total. The number of likely N-dealkylation sites (N-methyl/N-ethyl adjacent to an activating group) is 1. The van der Waals surface area contributed by atoms with Crippen LogP contribution in [0.2, 0.25) is 0 Å². The highest BCUT2D eigenvalue weighted by Gasteiger charge is 2.22. The molecule has 0 aliphatic rings. The highest BCUT2D eigenvalue weighted by Crippen LogP contribution is 2.29. The Morgan fingerprint density at radius 1 is 1.29 bits per heavy atom. The Labute approximate surface area is 124 Å². The zero-order valence-electron chi connectivity index (χ0n) is 12.9. The lowest BCUT2D eigenvalue weighted by atomic mass is 10.0. The quantitative estimate of drug-likeness (QED) is 0.889. The number of benzene rings is 1. The topological polar surface area (TPSA) is 39.1 Å². The zero-order valence-corrected chi connectivity index (χ0v) is 12.9. The van der Waals surface area contributed by atoms with Crippen molar-refractivity contribution in [3.63, 3.8) is 0 Å². The molecule has 0 radical (unpaired) electrons. The van der Waals surface area contributed by atoms with Crippen molar-refractivity contribution >= 4 is 0 Å². The fourth-order valence-corrected chi connectivity index (χ4v) is 2.45. The summed E-state index contributed by atoms with van der Waals surface area (Å²) in [5, 5.41) is 7.71. The van der Waals surface area contributed by atoms with E-state index in [1.807, 2.05) is 23.9 Å². The van der Waals surface area contributed by atoms with Crippen LogP contribution in [0, 0.1) is 5.82 Å². The van der Waals surface area contributed by atoms with E-state index in [-0.39, 0.29) is 17.9 Å². The Kier molecular flexibility index (Phi) is 4.96. The van der Waals surface area contributed by atoms with Crippen molar-refractivity contribution in [3.05, 3.63) is 47.5 Å². The van der Waals surface area contributed by atoms with Crippen LogP contribution in [0.4, 0.5) is 4.39 Å². The van der Waals surface area contributed by atoms with Gasteiger partial charge in [-0.2, -0.15) is 5.10 Å². The van der Waals surface area contributed by atoms with Gasteiger partial charge in [0.2, 0.25) is 0 Å². The van der Waals surface area contributed by atoms with Crippen LogP contribution in [-0.4, -0.2) is 23.9 Å². The number of nitrogens with one attached hydrogen (secondary N) is 1. The Balaban J connectivity index is 2.32. The molecular weight excluding hydrogens is 269 g/mol. The molecule has 1 atom stereocenters. The van der Waals surface area contributed by atoms with Crippen LogP contribution >= 0.6 is 0 Å². The van der Waals surface area contributed by atoms with Gasteiger partial charge in [0.1, 0.15) is 5.82 Å². The van der Waals surface area contributed by atoms with E-state index in [9.17, 15) is 4.39 Å². The molecule has 5 heteroatoms. The lowest BCUT2D eigenvalue weighted by molar-refractivity contribution is 0.388. The van der Waals surface area contributed by atoms with Crippen molar-refractivity contribution < 1.29 is 9.13 Å². The van der Waals surface area contributed by atoms with Crippen LogP contribution in [0.3, 0.4) is 0 Å². The summed E-state index contributed by atoms with van der Waals surface area (Å²) >= 11 is 0. The molecule has 0 saturated carbocycles. The summed E-state index contributed by atoms with van der Waals surface area (Å²) < 4.78 is 20.4. The molecule has 0 spiro atoms. The maximum absolute atomic E-state index is 13.0. The predicted octanol–water partition coefficient (Wildman–Crippen LogP) is 3.11. The molecule has 0 amide bonds. The molecular formula is C16H22FN3O. The highest BCUT2D eigenvalue weighted by atomic mass is 19.1. The summed E-state index contributed by atoms with van der Waals surface area (Å²) in [6.07, 6.45) is 2.48. The molecule has 1 unspecified atom stereocenters. The third kappa shape index (κ3) is 3.42. The molecule has 1 aromatic carbocycles. The zero-order chi connectivity index (χ0) is 15.4.